The topological polar surface area (TPSA) is 260 Å². The van der Waals surface area contributed by atoms with Crippen LogP contribution in [0.2, 0.25) is 0 Å². The minimum atomic E-state index is -1.26. The first-order chi connectivity index (χ1) is 17.8. The molecule has 0 saturated carbocycles. The zero-order valence-corrected chi connectivity index (χ0v) is 18.9. The number of hydrogen-bond donors (Lipinski definition) is 7. The van der Waals surface area contributed by atoms with E-state index in [1.807, 2.05) is 0 Å². The van der Waals surface area contributed by atoms with Gasteiger partial charge in [0, 0.05) is 6.42 Å². The van der Waals surface area contributed by atoms with Crippen LogP contribution in [0.15, 0.2) is 19.0 Å². The summed E-state index contributed by atoms with van der Waals surface area (Å²) in [5, 5.41) is 76.7. The molecule has 2 saturated heterocycles. The molecule has 18 nitrogen and oxygen atoms in total. The number of ether oxygens (including phenoxy) is 2. The fourth-order valence-corrected chi connectivity index (χ4v) is 4.16. The molecule has 6 heterocycles. The summed E-state index contributed by atoms with van der Waals surface area (Å²) in [7, 11) is 0. The van der Waals surface area contributed by atoms with Crippen molar-refractivity contribution in [3.63, 3.8) is 0 Å². The lowest BCUT2D eigenvalue weighted by atomic mass is 10.1. The van der Waals surface area contributed by atoms with Crippen LogP contribution in [0.1, 0.15) is 18.9 Å². The number of fused-ring (bicyclic) bond motifs is 2. The first kappa shape index (κ1) is 25.0. The molecule has 0 unspecified atom stereocenters. The smallest absolute Gasteiger partial charge is 0.262 e. The third kappa shape index (κ3) is 4.39. The minimum Gasteiger partial charge on any atom is -0.492 e. The second-order valence-electron chi connectivity index (χ2n) is 8.30. The zero-order valence-electron chi connectivity index (χ0n) is 18.9. The van der Waals surface area contributed by atoms with Crippen molar-refractivity contribution in [1.29, 1.82) is 0 Å². The molecule has 2 aliphatic rings. The number of nitrogens with zero attached hydrogens (tertiary/aromatic N) is 9. The monoisotopic (exact) mass is 521 g/mol. The first-order valence-corrected chi connectivity index (χ1v) is 11.0. The van der Waals surface area contributed by atoms with Crippen LogP contribution in [0, 0.1) is 0 Å². The van der Waals surface area contributed by atoms with Gasteiger partial charge in [0.05, 0.1) is 32.0 Å². The maximum Gasteiger partial charge on any atom is 0.262 e. The lowest BCUT2D eigenvalue weighted by molar-refractivity contribution is -0.0511. The van der Waals surface area contributed by atoms with Gasteiger partial charge in [0.1, 0.15) is 37.0 Å². The van der Waals surface area contributed by atoms with Crippen LogP contribution in [-0.2, 0) is 9.47 Å². The van der Waals surface area contributed by atoms with Crippen LogP contribution >= 0.6 is 0 Å². The van der Waals surface area contributed by atoms with Crippen molar-refractivity contribution in [3.8, 4) is 11.8 Å². The van der Waals surface area contributed by atoms with Gasteiger partial charge in [-0.1, -0.05) is 5.10 Å². The Hall–Kier alpha value is -3.65. The lowest BCUT2D eigenvalue weighted by Crippen LogP contribution is -2.33. The van der Waals surface area contributed by atoms with Crippen LogP contribution in [0.25, 0.3) is 22.3 Å². The molecule has 4 aromatic rings. The van der Waals surface area contributed by atoms with E-state index in [0.29, 0.717) is 12.1 Å². The van der Waals surface area contributed by atoms with E-state index in [2.05, 4.69) is 35.3 Å². The van der Waals surface area contributed by atoms with E-state index in [9.17, 15) is 25.5 Å². The van der Waals surface area contributed by atoms with E-state index in [-0.39, 0.29) is 29.2 Å². The van der Waals surface area contributed by atoms with Gasteiger partial charge in [-0.25, -0.2) is 15.0 Å². The predicted molar refractivity (Wildman–Crippen MR) is 116 cm³/mol. The third-order valence-electron chi connectivity index (χ3n) is 6.08. The number of aromatic hydroxyl groups is 2. The molecule has 2 aliphatic heterocycles. The molecule has 0 spiro atoms. The van der Waals surface area contributed by atoms with Gasteiger partial charge < -0.3 is 45.2 Å². The minimum absolute atomic E-state index is 0.104. The highest BCUT2D eigenvalue weighted by Crippen LogP contribution is 2.33. The van der Waals surface area contributed by atoms with Crippen LogP contribution in [0.5, 0.6) is 11.8 Å². The van der Waals surface area contributed by atoms with Crippen LogP contribution < -0.4 is 0 Å². The van der Waals surface area contributed by atoms with Crippen molar-refractivity contribution in [1.82, 2.24) is 44.5 Å². The number of aromatic nitrogens is 9. The van der Waals surface area contributed by atoms with Gasteiger partial charge in [0.15, 0.2) is 28.6 Å². The summed E-state index contributed by atoms with van der Waals surface area (Å²) in [5.41, 5.74) is 0.969. The van der Waals surface area contributed by atoms with Crippen molar-refractivity contribution in [2.45, 2.75) is 49.4 Å². The summed E-state index contributed by atoms with van der Waals surface area (Å²) in [6.07, 6.45) is -1.85. The molecule has 0 bridgehead atoms. The molecular formula is C19H23N9O9. The van der Waals surface area contributed by atoms with Gasteiger partial charge in [-0.3, -0.25) is 9.13 Å². The Kier molecular flexibility index (Phi) is 6.77. The Labute approximate surface area is 206 Å². The Morgan fingerprint density at radius 2 is 1.49 bits per heavy atom. The third-order valence-corrected chi connectivity index (χ3v) is 6.08. The summed E-state index contributed by atoms with van der Waals surface area (Å²) in [4.78, 5) is 15.5. The molecule has 7 atom stereocenters. The second-order valence-corrected chi connectivity index (χ2v) is 8.30. The standard InChI is InChI=1S/C10H12N4O4.C9H11N5O5/c15-2-6-5(16)1-7(18-6)14-4-13-8-9(14)11-3-12-10(8)17;15-1-3-5(16)6(17)9(19-3)14-2-10-4-7(14)11-13-12-8(4)18/h3-7,15-16H,1-2H2,(H,11,12,17);2-3,5-6,9,15-17H,1H2,(H,11,12,18)/t5-,6+,7+;3-,5-,6-,9-/m01/s1. The highest BCUT2D eigenvalue weighted by molar-refractivity contribution is 5.75. The number of aliphatic hydroxyl groups is 5. The molecule has 0 aromatic carbocycles. The van der Waals surface area contributed by atoms with Crippen LogP contribution in [-0.4, -0.2) is 124 Å². The van der Waals surface area contributed by atoms with Gasteiger partial charge in [-0.2, -0.15) is 4.98 Å². The number of aliphatic hydroxyl groups excluding tert-OH is 5. The summed E-state index contributed by atoms with van der Waals surface area (Å²) in [6.45, 7) is -0.676. The lowest BCUT2D eigenvalue weighted by Gasteiger charge is -2.15. The van der Waals surface area contributed by atoms with E-state index >= 15 is 0 Å². The number of hydrogen-bond acceptors (Lipinski definition) is 16. The fourth-order valence-electron chi connectivity index (χ4n) is 4.16. The summed E-state index contributed by atoms with van der Waals surface area (Å²) in [6, 6.07) is 0. The summed E-state index contributed by atoms with van der Waals surface area (Å²) >= 11 is 0. The van der Waals surface area contributed by atoms with Crippen molar-refractivity contribution in [3.05, 3.63) is 19.0 Å². The molecule has 2 fully saturated rings. The maximum atomic E-state index is 9.90. The molecule has 0 amide bonds. The quantitative estimate of drug-likeness (QED) is 0.139. The second kappa shape index (κ2) is 10.0. The molecule has 37 heavy (non-hydrogen) atoms. The van der Waals surface area contributed by atoms with Gasteiger partial charge in [-0.15, -0.1) is 5.10 Å². The Bertz CT molecular complexity index is 1380. The summed E-state index contributed by atoms with van der Waals surface area (Å²) < 4.78 is 13.7. The van der Waals surface area contributed by atoms with Gasteiger partial charge in [0.2, 0.25) is 5.88 Å². The van der Waals surface area contributed by atoms with E-state index < -0.39 is 55.5 Å². The average Bonchev–Trinajstić information content (AvgIpc) is 3.66. The van der Waals surface area contributed by atoms with Gasteiger partial charge >= 0.3 is 0 Å². The highest BCUT2D eigenvalue weighted by Gasteiger charge is 2.44. The molecule has 18 heteroatoms. The predicted octanol–water partition coefficient (Wildman–Crippen LogP) is -3.29. The van der Waals surface area contributed by atoms with E-state index in [1.54, 1.807) is 4.57 Å². The molecular weight excluding hydrogens is 498 g/mol. The zero-order chi connectivity index (χ0) is 26.3. The Balaban J connectivity index is 0.000000152. The number of rotatable bonds is 4. The molecule has 0 aliphatic carbocycles. The molecule has 7 N–H and O–H groups in total. The molecule has 198 valence electrons. The highest BCUT2D eigenvalue weighted by atomic mass is 16.6. The summed E-state index contributed by atoms with van der Waals surface area (Å²) in [5.74, 6) is -0.591. The normalized spacial score (nSPS) is 29.6. The van der Waals surface area contributed by atoms with Gasteiger partial charge in [-0.05, 0) is 5.21 Å². The molecule has 6 rings (SSSR count). The van der Waals surface area contributed by atoms with Crippen LogP contribution in [0.3, 0.4) is 0 Å². The van der Waals surface area contributed by atoms with Crippen LogP contribution in [0.4, 0.5) is 0 Å². The SMILES string of the molecule is OC[C@H]1O[C@@H](n2cnc3c(O)ncnc32)C[C@@H]1O.OC[C@H]1O[C@@H](n2cnc3c(O)nnnc32)[C@H](O)[C@@H]1O. The number of imidazole rings is 2. The van der Waals surface area contributed by atoms with Crippen molar-refractivity contribution in [2.24, 2.45) is 0 Å². The van der Waals surface area contributed by atoms with Gasteiger partial charge in [0.25, 0.3) is 5.88 Å². The van der Waals surface area contributed by atoms with Crippen molar-refractivity contribution < 1.29 is 45.2 Å². The van der Waals surface area contributed by atoms with E-state index in [1.165, 1.54) is 23.5 Å². The van der Waals surface area contributed by atoms with E-state index in [0.717, 1.165) is 0 Å². The fraction of sp³-hybridized carbons (Fsp3) is 0.526. The Morgan fingerprint density at radius 1 is 0.784 bits per heavy atom. The largest absolute Gasteiger partial charge is 0.492 e. The first-order valence-electron chi connectivity index (χ1n) is 11.0. The van der Waals surface area contributed by atoms with E-state index in [4.69, 9.17) is 19.7 Å². The molecule has 4 aromatic heterocycles. The molecule has 0 radical (unpaired) electrons. The average molecular weight is 521 g/mol. The van der Waals surface area contributed by atoms with Crippen molar-refractivity contribution in [2.75, 3.05) is 13.2 Å². The Morgan fingerprint density at radius 3 is 2.16 bits per heavy atom. The van der Waals surface area contributed by atoms with Crippen molar-refractivity contribution >= 4 is 22.3 Å². The maximum absolute atomic E-state index is 9.90.